The highest BCUT2D eigenvalue weighted by atomic mass is 32.2. The average molecular weight is 309 g/mol. The SMILES string of the molecule is CS(=O)(=O)c1ccc(/C(=C\c2cncs2)C(=O)O)cc1. The van der Waals surface area contributed by atoms with Crippen LogP contribution in [-0.4, -0.2) is 30.7 Å². The Morgan fingerprint density at radius 3 is 2.40 bits per heavy atom. The smallest absolute Gasteiger partial charge is 0.336 e. The predicted molar refractivity (Wildman–Crippen MR) is 77.2 cm³/mol. The molecule has 0 aliphatic carbocycles. The fourth-order valence-electron chi connectivity index (χ4n) is 1.59. The highest BCUT2D eigenvalue weighted by Gasteiger charge is 2.13. The zero-order chi connectivity index (χ0) is 14.8. The average Bonchev–Trinajstić information content (AvgIpc) is 2.87. The molecule has 0 aliphatic heterocycles. The number of aliphatic carboxylic acids is 1. The van der Waals surface area contributed by atoms with Gasteiger partial charge in [-0.1, -0.05) is 12.1 Å². The van der Waals surface area contributed by atoms with Gasteiger partial charge in [-0.15, -0.1) is 11.3 Å². The maximum absolute atomic E-state index is 11.4. The molecule has 0 saturated carbocycles. The second-order valence-corrected chi connectivity index (χ2v) is 7.00. The van der Waals surface area contributed by atoms with Crippen molar-refractivity contribution in [1.82, 2.24) is 4.98 Å². The third-order valence-corrected chi connectivity index (χ3v) is 4.41. The Morgan fingerprint density at radius 2 is 1.95 bits per heavy atom. The van der Waals surface area contributed by atoms with Gasteiger partial charge in [-0.3, -0.25) is 4.98 Å². The van der Waals surface area contributed by atoms with Crippen molar-refractivity contribution in [1.29, 1.82) is 0 Å². The van der Waals surface area contributed by atoms with Gasteiger partial charge in [0.05, 0.1) is 16.0 Å². The maximum Gasteiger partial charge on any atom is 0.336 e. The van der Waals surface area contributed by atoms with Crippen LogP contribution in [0.1, 0.15) is 10.4 Å². The third-order valence-electron chi connectivity index (χ3n) is 2.56. The van der Waals surface area contributed by atoms with Gasteiger partial charge in [-0.05, 0) is 23.8 Å². The van der Waals surface area contributed by atoms with Crippen molar-refractivity contribution >= 4 is 38.8 Å². The van der Waals surface area contributed by atoms with Crippen LogP contribution >= 0.6 is 11.3 Å². The molecule has 0 unspecified atom stereocenters. The summed E-state index contributed by atoms with van der Waals surface area (Å²) in [6, 6.07) is 5.76. The number of carbonyl (C=O) groups is 1. The van der Waals surface area contributed by atoms with Gasteiger partial charge in [-0.25, -0.2) is 13.2 Å². The van der Waals surface area contributed by atoms with Crippen LogP contribution in [0.15, 0.2) is 40.9 Å². The molecule has 0 amide bonds. The lowest BCUT2D eigenvalue weighted by Crippen LogP contribution is -2.01. The molecule has 1 N–H and O–H groups in total. The number of hydrogen-bond acceptors (Lipinski definition) is 5. The van der Waals surface area contributed by atoms with Crippen molar-refractivity contribution < 1.29 is 18.3 Å². The van der Waals surface area contributed by atoms with Crippen LogP contribution in [0, 0.1) is 0 Å². The molecule has 2 rings (SSSR count). The van der Waals surface area contributed by atoms with Gasteiger partial charge in [0, 0.05) is 17.3 Å². The number of sulfone groups is 1. The molecular weight excluding hydrogens is 298 g/mol. The number of carboxylic acids is 1. The fraction of sp³-hybridized carbons (Fsp3) is 0.0769. The van der Waals surface area contributed by atoms with Crippen LogP contribution in [-0.2, 0) is 14.6 Å². The highest BCUT2D eigenvalue weighted by molar-refractivity contribution is 7.90. The summed E-state index contributed by atoms with van der Waals surface area (Å²) in [5.74, 6) is -1.08. The minimum absolute atomic E-state index is 0.0919. The number of rotatable bonds is 4. The van der Waals surface area contributed by atoms with Crippen LogP contribution in [0.25, 0.3) is 11.6 Å². The molecule has 5 nitrogen and oxygen atoms in total. The van der Waals surface area contributed by atoms with Gasteiger partial charge >= 0.3 is 5.97 Å². The number of thiazole rings is 1. The van der Waals surface area contributed by atoms with E-state index in [9.17, 15) is 18.3 Å². The number of hydrogen-bond donors (Lipinski definition) is 1. The van der Waals surface area contributed by atoms with E-state index in [2.05, 4.69) is 4.98 Å². The second-order valence-electron chi connectivity index (χ2n) is 4.06. The summed E-state index contributed by atoms with van der Waals surface area (Å²) in [5, 5.41) is 9.25. The Kier molecular flexibility index (Phi) is 4.01. The predicted octanol–water partition coefficient (Wildman–Crippen LogP) is 2.17. The van der Waals surface area contributed by atoms with E-state index in [0.717, 1.165) is 11.1 Å². The van der Waals surface area contributed by atoms with E-state index in [-0.39, 0.29) is 10.5 Å². The molecule has 1 aromatic heterocycles. The van der Waals surface area contributed by atoms with E-state index in [0.29, 0.717) is 5.56 Å². The van der Waals surface area contributed by atoms with Crippen LogP contribution in [0.4, 0.5) is 0 Å². The van der Waals surface area contributed by atoms with Crippen molar-refractivity contribution in [3.63, 3.8) is 0 Å². The molecule has 20 heavy (non-hydrogen) atoms. The first kappa shape index (κ1) is 14.4. The summed E-state index contributed by atoms with van der Waals surface area (Å²) >= 11 is 1.32. The maximum atomic E-state index is 11.4. The standard InChI is InChI=1S/C13H11NO4S2/c1-20(17,18)11-4-2-9(3-5-11)12(13(15)16)6-10-7-14-8-19-10/h2-8H,1H3,(H,15,16)/b12-6+. The van der Waals surface area contributed by atoms with Crippen molar-refractivity contribution in [3.05, 3.63) is 46.4 Å². The van der Waals surface area contributed by atoms with E-state index < -0.39 is 15.8 Å². The second kappa shape index (κ2) is 5.56. The molecule has 0 radical (unpaired) electrons. The molecule has 0 spiro atoms. The van der Waals surface area contributed by atoms with E-state index in [1.807, 2.05) is 0 Å². The van der Waals surface area contributed by atoms with Gasteiger partial charge in [0.2, 0.25) is 0 Å². The summed E-state index contributed by atoms with van der Waals surface area (Å²) in [4.78, 5) is 16.1. The van der Waals surface area contributed by atoms with Crippen molar-refractivity contribution in [2.75, 3.05) is 6.26 Å². The van der Waals surface area contributed by atoms with E-state index in [1.54, 1.807) is 11.7 Å². The Balaban J connectivity index is 2.44. The van der Waals surface area contributed by atoms with Crippen LogP contribution in [0.2, 0.25) is 0 Å². The summed E-state index contributed by atoms with van der Waals surface area (Å²) in [7, 11) is -3.29. The monoisotopic (exact) mass is 309 g/mol. The van der Waals surface area contributed by atoms with Crippen LogP contribution in [0.5, 0.6) is 0 Å². The molecular formula is C13H11NO4S2. The Morgan fingerprint density at radius 1 is 1.30 bits per heavy atom. The fourth-order valence-corrected chi connectivity index (χ4v) is 2.77. The lowest BCUT2D eigenvalue weighted by molar-refractivity contribution is -0.130. The zero-order valence-electron chi connectivity index (χ0n) is 10.5. The molecule has 0 aliphatic rings. The van der Waals surface area contributed by atoms with E-state index in [4.69, 9.17) is 0 Å². The Bertz CT molecular complexity index is 744. The molecule has 7 heteroatoms. The summed E-state index contributed by atoms with van der Waals surface area (Å²) in [5.41, 5.74) is 2.14. The van der Waals surface area contributed by atoms with Gasteiger partial charge < -0.3 is 5.11 Å². The van der Waals surface area contributed by atoms with Crippen molar-refractivity contribution in [2.45, 2.75) is 4.90 Å². The van der Waals surface area contributed by atoms with Crippen LogP contribution < -0.4 is 0 Å². The number of aromatic nitrogens is 1. The van der Waals surface area contributed by atoms with Crippen molar-refractivity contribution in [3.8, 4) is 0 Å². The molecule has 0 fully saturated rings. The quantitative estimate of drug-likeness (QED) is 0.875. The minimum Gasteiger partial charge on any atom is -0.478 e. The summed E-state index contributed by atoms with van der Waals surface area (Å²) in [6.45, 7) is 0. The van der Waals surface area contributed by atoms with Gasteiger partial charge in [0.15, 0.2) is 9.84 Å². The molecule has 1 aromatic carbocycles. The van der Waals surface area contributed by atoms with Gasteiger partial charge in [0.25, 0.3) is 0 Å². The number of carboxylic acid groups (broad SMARTS) is 1. The molecule has 0 saturated heterocycles. The molecule has 104 valence electrons. The van der Waals surface area contributed by atoms with Gasteiger partial charge in [0.1, 0.15) is 0 Å². The largest absolute Gasteiger partial charge is 0.478 e. The number of benzene rings is 1. The molecule has 0 atom stereocenters. The highest BCUT2D eigenvalue weighted by Crippen LogP contribution is 2.22. The number of nitrogens with zero attached hydrogens (tertiary/aromatic N) is 1. The third kappa shape index (κ3) is 3.31. The molecule has 2 aromatic rings. The molecule has 1 heterocycles. The first-order valence-corrected chi connectivity index (χ1v) is 8.29. The first-order chi connectivity index (χ1) is 9.38. The van der Waals surface area contributed by atoms with E-state index in [1.165, 1.54) is 41.7 Å². The van der Waals surface area contributed by atoms with Crippen molar-refractivity contribution in [2.24, 2.45) is 0 Å². The Labute approximate surface area is 120 Å². The van der Waals surface area contributed by atoms with Crippen LogP contribution in [0.3, 0.4) is 0 Å². The normalized spacial score (nSPS) is 12.3. The van der Waals surface area contributed by atoms with E-state index >= 15 is 0 Å². The summed E-state index contributed by atoms with van der Waals surface area (Å²) < 4.78 is 22.7. The lowest BCUT2D eigenvalue weighted by Gasteiger charge is -2.04. The first-order valence-electron chi connectivity index (χ1n) is 5.52. The lowest BCUT2D eigenvalue weighted by atomic mass is 10.1. The Hall–Kier alpha value is -1.99. The minimum atomic E-state index is -3.29. The van der Waals surface area contributed by atoms with Gasteiger partial charge in [-0.2, -0.15) is 0 Å². The summed E-state index contributed by atoms with van der Waals surface area (Å²) in [6.07, 6.45) is 4.18. The topological polar surface area (TPSA) is 84.3 Å². The zero-order valence-corrected chi connectivity index (χ0v) is 12.1. The molecule has 0 bridgehead atoms.